The molecule has 2 aromatic carbocycles. The van der Waals surface area contributed by atoms with Crippen molar-refractivity contribution in [2.45, 2.75) is 6.42 Å². The molecule has 30 heavy (non-hydrogen) atoms. The maximum Gasteiger partial charge on any atom is 0.253 e. The number of amides is 1. The van der Waals surface area contributed by atoms with Crippen molar-refractivity contribution < 1.29 is 4.79 Å². The molecule has 1 amide bonds. The molecule has 7 nitrogen and oxygen atoms in total. The second kappa shape index (κ2) is 10.6. The van der Waals surface area contributed by atoms with Crippen molar-refractivity contribution >= 4 is 38.6 Å². The molecule has 8 heteroatoms. The van der Waals surface area contributed by atoms with Crippen LogP contribution in [0.5, 0.6) is 0 Å². The smallest absolute Gasteiger partial charge is 0.253 e. The molecule has 1 heterocycles. The zero-order valence-corrected chi connectivity index (χ0v) is 18.4. The summed E-state index contributed by atoms with van der Waals surface area (Å²) < 4.78 is 1.18. The summed E-state index contributed by atoms with van der Waals surface area (Å²) in [6, 6.07) is 15.9. The van der Waals surface area contributed by atoms with Gasteiger partial charge in [0.2, 0.25) is 0 Å². The van der Waals surface area contributed by atoms with Crippen molar-refractivity contribution in [2.24, 2.45) is 4.99 Å². The van der Waals surface area contributed by atoms with Crippen LogP contribution in [0, 0.1) is 0 Å². The average molecular weight is 425 g/mol. The van der Waals surface area contributed by atoms with E-state index in [1.165, 1.54) is 4.70 Å². The van der Waals surface area contributed by atoms with Crippen LogP contribution >= 0.6 is 11.3 Å². The Hall–Kier alpha value is -3.13. The summed E-state index contributed by atoms with van der Waals surface area (Å²) in [5, 5.41) is 10.9. The van der Waals surface area contributed by atoms with E-state index in [1.54, 1.807) is 37.4 Å². The van der Waals surface area contributed by atoms with Gasteiger partial charge in [-0.2, -0.15) is 0 Å². The van der Waals surface area contributed by atoms with Crippen molar-refractivity contribution in [3.05, 3.63) is 59.7 Å². The van der Waals surface area contributed by atoms with Gasteiger partial charge in [-0.3, -0.25) is 9.79 Å². The summed E-state index contributed by atoms with van der Waals surface area (Å²) >= 11 is 1.66. The summed E-state index contributed by atoms with van der Waals surface area (Å²) in [6.07, 6.45) is 0.805. The Kier molecular flexibility index (Phi) is 7.62. The second-order valence-electron chi connectivity index (χ2n) is 6.99. The molecule has 1 aromatic heterocycles. The van der Waals surface area contributed by atoms with E-state index in [0.29, 0.717) is 5.56 Å². The van der Waals surface area contributed by atoms with Gasteiger partial charge in [0, 0.05) is 46.3 Å². The minimum Gasteiger partial charge on any atom is -0.360 e. The monoisotopic (exact) mass is 424 g/mol. The normalized spacial score (nSPS) is 11.4. The van der Waals surface area contributed by atoms with E-state index < -0.39 is 0 Å². The number of guanidine groups is 1. The van der Waals surface area contributed by atoms with Crippen molar-refractivity contribution in [1.29, 1.82) is 0 Å². The Labute approximate surface area is 181 Å². The highest BCUT2D eigenvalue weighted by atomic mass is 32.1. The number of carbonyl (C=O) groups is 1. The van der Waals surface area contributed by atoms with E-state index in [1.807, 2.05) is 42.5 Å². The van der Waals surface area contributed by atoms with Crippen LogP contribution in [-0.2, 0) is 6.42 Å². The van der Waals surface area contributed by atoms with Crippen LogP contribution in [0.3, 0.4) is 0 Å². The Bertz CT molecular complexity index is 981. The Morgan fingerprint density at radius 1 is 1.07 bits per heavy atom. The van der Waals surface area contributed by atoms with Gasteiger partial charge in [-0.05, 0) is 36.2 Å². The zero-order chi connectivity index (χ0) is 21.3. The molecule has 3 aromatic rings. The highest BCUT2D eigenvalue weighted by Gasteiger charge is 2.08. The molecule has 0 saturated heterocycles. The third kappa shape index (κ3) is 5.93. The van der Waals surface area contributed by atoms with Gasteiger partial charge in [-0.25, -0.2) is 4.98 Å². The summed E-state index contributed by atoms with van der Waals surface area (Å²) in [5.74, 6) is 0.768. The van der Waals surface area contributed by atoms with E-state index in [2.05, 4.69) is 32.0 Å². The number of hydrogen-bond donors (Lipinski definition) is 3. The highest BCUT2D eigenvalue weighted by Crippen LogP contribution is 2.24. The SMILES string of the molecule is CN=C(NCCNc1nc2ccccc2s1)NCCc1cccc(C(=O)N(C)C)c1. The van der Waals surface area contributed by atoms with E-state index in [-0.39, 0.29) is 5.91 Å². The molecule has 3 N–H and O–H groups in total. The molecule has 0 unspecified atom stereocenters. The average Bonchev–Trinajstić information content (AvgIpc) is 3.18. The summed E-state index contributed by atoms with van der Waals surface area (Å²) in [7, 11) is 5.28. The standard InChI is InChI=1S/C22H28N6OS/c1-23-21(24-12-11-16-7-6-8-17(15-16)20(29)28(2)3)25-13-14-26-22-27-18-9-4-5-10-19(18)30-22/h4-10,15H,11-14H2,1-3H3,(H,26,27)(H2,23,24,25). The van der Waals surface area contributed by atoms with E-state index in [4.69, 9.17) is 0 Å². The highest BCUT2D eigenvalue weighted by molar-refractivity contribution is 7.22. The van der Waals surface area contributed by atoms with Crippen molar-refractivity contribution in [3.8, 4) is 0 Å². The number of aromatic nitrogens is 1. The van der Waals surface area contributed by atoms with Gasteiger partial charge in [0.25, 0.3) is 5.91 Å². The number of benzene rings is 2. The molecular formula is C22H28N6OS. The minimum absolute atomic E-state index is 0.0166. The first-order chi connectivity index (χ1) is 14.6. The Morgan fingerprint density at radius 3 is 2.63 bits per heavy atom. The minimum atomic E-state index is 0.0166. The predicted octanol–water partition coefficient (Wildman–Crippen LogP) is 2.82. The van der Waals surface area contributed by atoms with E-state index >= 15 is 0 Å². The predicted molar refractivity (Wildman–Crippen MR) is 126 cm³/mol. The number of nitrogens with one attached hydrogen (secondary N) is 3. The van der Waals surface area contributed by atoms with Gasteiger partial charge >= 0.3 is 0 Å². The zero-order valence-electron chi connectivity index (χ0n) is 17.6. The lowest BCUT2D eigenvalue weighted by Crippen LogP contribution is -2.40. The summed E-state index contributed by atoms with van der Waals surface area (Å²) in [6.45, 7) is 2.20. The molecule has 0 atom stereocenters. The molecule has 0 spiro atoms. The number of anilines is 1. The van der Waals surface area contributed by atoms with Crippen LogP contribution in [0.25, 0.3) is 10.2 Å². The molecule has 158 valence electrons. The maximum atomic E-state index is 12.1. The van der Waals surface area contributed by atoms with Crippen LogP contribution in [-0.4, -0.2) is 62.5 Å². The quantitative estimate of drug-likeness (QED) is 0.294. The fourth-order valence-corrected chi connectivity index (χ4v) is 3.85. The second-order valence-corrected chi connectivity index (χ2v) is 8.02. The van der Waals surface area contributed by atoms with Crippen LogP contribution in [0.4, 0.5) is 5.13 Å². The fourth-order valence-electron chi connectivity index (χ4n) is 2.96. The number of aliphatic imine (C=N–C) groups is 1. The van der Waals surface area contributed by atoms with Crippen molar-refractivity contribution in [3.63, 3.8) is 0 Å². The van der Waals surface area contributed by atoms with Gasteiger partial charge in [0.05, 0.1) is 10.2 Å². The van der Waals surface area contributed by atoms with Gasteiger partial charge in [-0.15, -0.1) is 0 Å². The third-order valence-electron chi connectivity index (χ3n) is 4.50. The van der Waals surface area contributed by atoms with Crippen LogP contribution in [0.15, 0.2) is 53.5 Å². The van der Waals surface area contributed by atoms with Crippen molar-refractivity contribution in [2.75, 3.05) is 46.1 Å². The third-order valence-corrected chi connectivity index (χ3v) is 5.49. The molecular weight excluding hydrogens is 396 g/mol. The van der Waals surface area contributed by atoms with Crippen LogP contribution in [0.1, 0.15) is 15.9 Å². The van der Waals surface area contributed by atoms with Crippen molar-refractivity contribution in [1.82, 2.24) is 20.5 Å². The molecule has 0 aliphatic carbocycles. The van der Waals surface area contributed by atoms with Crippen LogP contribution < -0.4 is 16.0 Å². The maximum absolute atomic E-state index is 12.1. The fraction of sp³-hybridized carbons (Fsp3) is 0.318. The molecule has 0 aliphatic rings. The van der Waals surface area contributed by atoms with Gasteiger partial charge in [-0.1, -0.05) is 35.6 Å². The van der Waals surface area contributed by atoms with Gasteiger partial charge < -0.3 is 20.9 Å². The lowest BCUT2D eigenvalue weighted by Gasteiger charge is -2.13. The van der Waals surface area contributed by atoms with E-state index in [9.17, 15) is 4.79 Å². The number of rotatable bonds is 8. The summed E-state index contributed by atoms with van der Waals surface area (Å²) in [5.41, 5.74) is 2.84. The van der Waals surface area contributed by atoms with Crippen LogP contribution in [0.2, 0.25) is 0 Å². The number of thiazole rings is 1. The number of carbonyl (C=O) groups excluding carboxylic acids is 1. The molecule has 0 fully saturated rings. The lowest BCUT2D eigenvalue weighted by atomic mass is 10.1. The number of para-hydroxylation sites is 1. The first-order valence-corrected chi connectivity index (χ1v) is 10.7. The number of hydrogen-bond acceptors (Lipinski definition) is 5. The molecule has 0 bridgehead atoms. The molecule has 3 rings (SSSR count). The molecule has 0 aliphatic heterocycles. The van der Waals surface area contributed by atoms with Gasteiger partial charge in [0.15, 0.2) is 11.1 Å². The molecule has 0 radical (unpaired) electrons. The largest absolute Gasteiger partial charge is 0.360 e. The Morgan fingerprint density at radius 2 is 1.87 bits per heavy atom. The Balaban J connectivity index is 1.39. The molecule has 0 saturated carbocycles. The first kappa shape index (κ1) is 21.6. The topological polar surface area (TPSA) is 81.6 Å². The van der Waals surface area contributed by atoms with Gasteiger partial charge in [0.1, 0.15) is 0 Å². The number of fused-ring (bicyclic) bond motifs is 1. The first-order valence-electron chi connectivity index (χ1n) is 9.91. The van der Waals surface area contributed by atoms with E-state index in [0.717, 1.165) is 48.2 Å². The summed E-state index contributed by atoms with van der Waals surface area (Å²) in [4.78, 5) is 22.5. The lowest BCUT2D eigenvalue weighted by molar-refractivity contribution is 0.0827. The number of nitrogens with zero attached hydrogens (tertiary/aromatic N) is 3.